The zero-order chi connectivity index (χ0) is 12.3. The van der Waals surface area contributed by atoms with E-state index in [2.05, 4.69) is 45.7 Å². The van der Waals surface area contributed by atoms with Crippen molar-refractivity contribution in [1.29, 1.82) is 0 Å². The number of hydrogen-bond acceptors (Lipinski definition) is 2. The lowest BCUT2D eigenvalue weighted by Gasteiger charge is -2.19. The normalized spacial score (nSPS) is 12.7. The van der Waals surface area contributed by atoms with Gasteiger partial charge in [-0.05, 0) is 34.0 Å². The molecule has 0 aliphatic heterocycles. The van der Waals surface area contributed by atoms with E-state index in [1.165, 1.54) is 0 Å². The summed E-state index contributed by atoms with van der Waals surface area (Å²) >= 11 is 7.13. The maximum absolute atomic E-state index is 5.38. The average Bonchev–Trinajstić information content (AvgIpc) is 2.27. The van der Waals surface area contributed by atoms with Crippen molar-refractivity contribution < 1.29 is 9.47 Å². The smallest absolute Gasteiger partial charge is 0.133 e. The summed E-state index contributed by atoms with van der Waals surface area (Å²) in [7, 11) is 3.34. The second kappa shape index (κ2) is 5.92. The molecule has 4 heteroatoms. The highest BCUT2D eigenvalue weighted by Gasteiger charge is 2.19. The van der Waals surface area contributed by atoms with Gasteiger partial charge in [-0.1, -0.05) is 29.8 Å². The van der Waals surface area contributed by atoms with Crippen LogP contribution in [0.3, 0.4) is 0 Å². The van der Waals surface area contributed by atoms with Crippen LogP contribution in [0.2, 0.25) is 0 Å². The largest absolute Gasteiger partial charge is 0.496 e. The molecule has 0 aliphatic rings. The Bertz CT molecular complexity index is 364. The lowest BCUT2D eigenvalue weighted by molar-refractivity contribution is 0.394. The third-order valence-electron chi connectivity index (χ3n) is 2.39. The highest BCUT2D eigenvalue weighted by molar-refractivity contribution is 9.10. The van der Waals surface area contributed by atoms with Gasteiger partial charge in [-0.15, -0.1) is 0 Å². The molecule has 0 radical (unpaired) electrons. The molecule has 0 N–H and O–H groups in total. The fourth-order valence-corrected chi connectivity index (χ4v) is 2.30. The van der Waals surface area contributed by atoms with Crippen LogP contribution in [0.15, 0.2) is 16.6 Å². The number of alkyl halides is 1. The van der Waals surface area contributed by atoms with Gasteiger partial charge in [0.15, 0.2) is 0 Å². The standard InChI is InChI=1S/C12H16Br2O2/c1-7(2)12(14)8-5-11(16-4)9(13)6-10(8)15-3/h5-7,12H,1-4H3. The zero-order valence-corrected chi connectivity index (χ0v) is 13.1. The molecule has 0 amide bonds. The average molecular weight is 352 g/mol. The molecule has 0 heterocycles. The number of benzene rings is 1. The maximum Gasteiger partial charge on any atom is 0.133 e. The predicted octanol–water partition coefficient (Wildman–Crippen LogP) is 4.56. The Hall–Kier alpha value is -0.220. The minimum absolute atomic E-state index is 0.254. The summed E-state index contributed by atoms with van der Waals surface area (Å²) < 4.78 is 11.6. The number of methoxy groups -OCH3 is 2. The van der Waals surface area contributed by atoms with E-state index >= 15 is 0 Å². The van der Waals surface area contributed by atoms with E-state index in [0.29, 0.717) is 5.92 Å². The van der Waals surface area contributed by atoms with Gasteiger partial charge < -0.3 is 9.47 Å². The molecule has 0 saturated carbocycles. The molecule has 0 fully saturated rings. The molecule has 0 aromatic heterocycles. The first-order valence-electron chi connectivity index (χ1n) is 5.06. The Labute approximate surface area is 114 Å². The van der Waals surface area contributed by atoms with Gasteiger partial charge in [-0.2, -0.15) is 0 Å². The van der Waals surface area contributed by atoms with Crippen molar-refractivity contribution in [2.24, 2.45) is 5.92 Å². The SMILES string of the molecule is COc1cc(C(Br)C(C)C)c(OC)cc1Br. The summed E-state index contributed by atoms with van der Waals surface area (Å²) in [5, 5.41) is 0. The highest BCUT2D eigenvalue weighted by atomic mass is 79.9. The minimum Gasteiger partial charge on any atom is -0.496 e. The van der Waals surface area contributed by atoms with Gasteiger partial charge in [-0.3, -0.25) is 0 Å². The molecule has 1 atom stereocenters. The van der Waals surface area contributed by atoms with Gasteiger partial charge in [-0.25, -0.2) is 0 Å². The van der Waals surface area contributed by atoms with Crippen LogP contribution in [0.5, 0.6) is 11.5 Å². The van der Waals surface area contributed by atoms with E-state index in [9.17, 15) is 0 Å². The minimum atomic E-state index is 0.254. The first kappa shape index (κ1) is 13.8. The second-order valence-electron chi connectivity index (χ2n) is 3.87. The van der Waals surface area contributed by atoms with E-state index in [1.807, 2.05) is 12.1 Å². The zero-order valence-electron chi connectivity index (χ0n) is 9.88. The first-order chi connectivity index (χ1) is 7.51. The fraction of sp³-hybridized carbons (Fsp3) is 0.500. The van der Waals surface area contributed by atoms with Crippen LogP contribution in [0.4, 0.5) is 0 Å². The molecule has 1 unspecified atom stereocenters. The van der Waals surface area contributed by atoms with E-state index in [0.717, 1.165) is 21.5 Å². The van der Waals surface area contributed by atoms with Crippen LogP contribution < -0.4 is 9.47 Å². The lowest BCUT2D eigenvalue weighted by Crippen LogP contribution is -2.02. The molecular weight excluding hydrogens is 336 g/mol. The summed E-state index contributed by atoms with van der Waals surface area (Å²) in [5.41, 5.74) is 1.11. The summed E-state index contributed by atoms with van der Waals surface area (Å²) in [6.07, 6.45) is 0. The van der Waals surface area contributed by atoms with Gasteiger partial charge in [0.1, 0.15) is 11.5 Å². The Morgan fingerprint density at radius 1 is 1.06 bits per heavy atom. The van der Waals surface area contributed by atoms with Gasteiger partial charge in [0.05, 0.1) is 18.7 Å². The summed E-state index contributed by atoms with van der Waals surface area (Å²) in [6, 6.07) is 3.94. The Kier molecular flexibility index (Phi) is 5.12. The van der Waals surface area contributed by atoms with Crippen molar-refractivity contribution in [3.63, 3.8) is 0 Å². The Morgan fingerprint density at radius 2 is 1.62 bits per heavy atom. The molecule has 90 valence electrons. The maximum atomic E-state index is 5.38. The van der Waals surface area contributed by atoms with Crippen molar-refractivity contribution in [1.82, 2.24) is 0 Å². The van der Waals surface area contributed by atoms with Crippen molar-refractivity contribution in [2.45, 2.75) is 18.7 Å². The van der Waals surface area contributed by atoms with Crippen molar-refractivity contribution in [3.05, 3.63) is 22.2 Å². The van der Waals surface area contributed by atoms with Gasteiger partial charge in [0, 0.05) is 10.4 Å². The number of hydrogen-bond donors (Lipinski definition) is 0. The number of ether oxygens (including phenoxy) is 2. The molecule has 1 aromatic carbocycles. The van der Waals surface area contributed by atoms with Crippen LogP contribution in [-0.2, 0) is 0 Å². The van der Waals surface area contributed by atoms with Crippen LogP contribution in [0.25, 0.3) is 0 Å². The Balaban J connectivity index is 3.24. The van der Waals surface area contributed by atoms with Crippen LogP contribution >= 0.6 is 31.9 Å². The first-order valence-corrected chi connectivity index (χ1v) is 6.77. The molecular formula is C12H16Br2O2. The third-order valence-corrected chi connectivity index (χ3v) is 4.56. The predicted molar refractivity (Wildman–Crippen MR) is 73.8 cm³/mol. The van der Waals surface area contributed by atoms with Gasteiger partial charge >= 0.3 is 0 Å². The monoisotopic (exact) mass is 350 g/mol. The molecule has 16 heavy (non-hydrogen) atoms. The van der Waals surface area contributed by atoms with E-state index in [-0.39, 0.29) is 4.83 Å². The number of rotatable bonds is 4. The van der Waals surface area contributed by atoms with Crippen molar-refractivity contribution >= 4 is 31.9 Å². The van der Waals surface area contributed by atoms with E-state index < -0.39 is 0 Å². The van der Waals surface area contributed by atoms with Crippen molar-refractivity contribution in [3.8, 4) is 11.5 Å². The van der Waals surface area contributed by atoms with Gasteiger partial charge in [0.25, 0.3) is 0 Å². The van der Waals surface area contributed by atoms with Crippen LogP contribution in [-0.4, -0.2) is 14.2 Å². The molecule has 1 rings (SSSR count). The molecule has 0 saturated heterocycles. The number of halogens is 2. The van der Waals surface area contributed by atoms with Crippen LogP contribution in [0, 0.1) is 5.92 Å². The third kappa shape index (κ3) is 2.92. The Morgan fingerprint density at radius 3 is 2.06 bits per heavy atom. The van der Waals surface area contributed by atoms with E-state index in [1.54, 1.807) is 14.2 Å². The molecule has 0 aliphatic carbocycles. The second-order valence-corrected chi connectivity index (χ2v) is 5.72. The summed E-state index contributed by atoms with van der Waals surface area (Å²) in [4.78, 5) is 0.254. The highest BCUT2D eigenvalue weighted by Crippen LogP contribution is 2.41. The van der Waals surface area contributed by atoms with Gasteiger partial charge in [0.2, 0.25) is 0 Å². The van der Waals surface area contributed by atoms with Crippen LogP contribution in [0.1, 0.15) is 24.2 Å². The molecule has 2 nitrogen and oxygen atoms in total. The quantitative estimate of drug-likeness (QED) is 0.740. The molecule has 0 bridgehead atoms. The van der Waals surface area contributed by atoms with Crippen molar-refractivity contribution in [2.75, 3.05) is 14.2 Å². The lowest BCUT2D eigenvalue weighted by atomic mass is 10.0. The summed E-state index contributed by atoms with van der Waals surface area (Å²) in [5.74, 6) is 2.17. The molecule has 1 aromatic rings. The topological polar surface area (TPSA) is 18.5 Å². The molecule has 0 spiro atoms. The summed E-state index contributed by atoms with van der Waals surface area (Å²) in [6.45, 7) is 4.32. The fourth-order valence-electron chi connectivity index (χ4n) is 1.46. The van der Waals surface area contributed by atoms with E-state index in [4.69, 9.17) is 9.47 Å².